The van der Waals surface area contributed by atoms with Crippen molar-refractivity contribution in [3.8, 4) is 11.5 Å². The topological polar surface area (TPSA) is 132 Å². The highest BCUT2D eigenvalue weighted by Crippen LogP contribution is 2.32. The second-order valence-corrected chi connectivity index (χ2v) is 6.05. The zero-order valence-electron chi connectivity index (χ0n) is 15.1. The Morgan fingerprint density at radius 1 is 1.07 bits per heavy atom. The van der Waals surface area contributed by atoms with Crippen molar-refractivity contribution < 1.29 is 28.6 Å². The van der Waals surface area contributed by atoms with Gasteiger partial charge in [-0.1, -0.05) is 18.2 Å². The number of imide groups is 1. The molecule has 3 amide bonds. The highest BCUT2D eigenvalue weighted by molar-refractivity contribution is 6.04. The number of carbonyl (C=O) groups is 3. The fourth-order valence-electron chi connectivity index (χ4n) is 2.76. The van der Waals surface area contributed by atoms with Crippen LogP contribution in [0.3, 0.4) is 0 Å². The minimum Gasteiger partial charge on any atom is -0.486 e. The number of anilines is 1. The molecule has 0 spiro atoms. The Morgan fingerprint density at radius 2 is 1.86 bits per heavy atom. The van der Waals surface area contributed by atoms with Gasteiger partial charge in [-0.2, -0.15) is 5.10 Å². The SMILES string of the molecule is O=C(COC(=O)c1n[nH]c2ccccc12)NC(=O)Nc1ccc2c(c1)OCCO2. The molecule has 4 rings (SSSR count). The van der Waals surface area contributed by atoms with Crippen LogP contribution in [0.4, 0.5) is 10.5 Å². The number of aromatic nitrogens is 2. The molecule has 1 aromatic heterocycles. The van der Waals surface area contributed by atoms with E-state index in [4.69, 9.17) is 14.2 Å². The maximum atomic E-state index is 12.1. The normalized spacial score (nSPS) is 12.3. The van der Waals surface area contributed by atoms with Crippen molar-refractivity contribution in [1.82, 2.24) is 15.5 Å². The number of esters is 1. The number of H-pyrrole nitrogens is 1. The Morgan fingerprint density at radius 3 is 2.72 bits per heavy atom. The lowest BCUT2D eigenvalue weighted by Crippen LogP contribution is -2.37. The smallest absolute Gasteiger partial charge is 0.359 e. The molecule has 2 aromatic carbocycles. The highest BCUT2D eigenvalue weighted by atomic mass is 16.6. The summed E-state index contributed by atoms with van der Waals surface area (Å²) >= 11 is 0. The van der Waals surface area contributed by atoms with Crippen molar-refractivity contribution in [3.05, 3.63) is 48.2 Å². The summed E-state index contributed by atoms with van der Waals surface area (Å²) < 4.78 is 15.8. The summed E-state index contributed by atoms with van der Waals surface area (Å²) in [6, 6.07) is 11.1. The summed E-state index contributed by atoms with van der Waals surface area (Å²) in [5, 5.41) is 11.8. The van der Waals surface area contributed by atoms with Gasteiger partial charge >= 0.3 is 12.0 Å². The third-order valence-electron chi connectivity index (χ3n) is 4.05. The maximum Gasteiger partial charge on any atom is 0.359 e. The molecule has 148 valence electrons. The summed E-state index contributed by atoms with van der Waals surface area (Å²) in [4.78, 5) is 36.0. The molecule has 0 atom stereocenters. The van der Waals surface area contributed by atoms with E-state index in [1.165, 1.54) is 0 Å². The first kappa shape index (κ1) is 18.3. The molecule has 1 aliphatic heterocycles. The first-order valence-corrected chi connectivity index (χ1v) is 8.71. The molecule has 0 saturated carbocycles. The predicted molar refractivity (Wildman–Crippen MR) is 101 cm³/mol. The van der Waals surface area contributed by atoms with Crippen LogP contribution in [0.1, 0.15) is 10.5 Å². The number of hydrogen-bond donors (Lipinski definition) is 3. The number of nitrogens with zero attached hydrogens (tertiary/aromatic N) is 1. The van der Waals surface area contributed by atoms with Gasteiger partial charge in [0.05, 0.1) is 5.52 Å². The van der Waals surface area contributed by atoms with E-state index >= 15 is 0 Å². The van der Waals surface area contributed by atoms with E-state index in [1.807, 2.05) is 0 Å². The number of hydrogen-bond acceptors (Lipinski definition) is 7. The van der Waals surface area contributed by atoms with Crippen molar-refractivity contribution in [3.63, 3.8) is 0 Å². The molecule has 2 heterocycles. The van der Waals surface area contributed by atoms with Crippen LogP contribution in [-0.2, 0) is 9.53 Å². The molecule has 0 saturated heterocycles. The number of benzene rings is 2. The van der Waals surface area contributed by atoms with E-state index in [2.05, 4.69) is 20.8 Å². The van der Waals surface area contributed by atoms with E-state index in [0.717, 1.165) is 0 Å². The molecule has 1 aliphatic rings. The van der Waals surface area contributed by atoms with Crippen molar-refractivity contribution in [2.75, 3.05) is 25.1 Å². The van der Waals surface area contributed by atoms with Crippen LogP contribution in [0.25, 0.3) is 10.9 Å². The van der Waals surface area contributed by atoms with Crippen LogP contribution in [0.5, 0.6) is 11.5 Å². The summed E-state index contributed by atoms with van der Waals surface area (Å²) in [7, 11) is 0. The van der Waals surface area contributed by atoms with Gasteiger partial charge in [0.2, 0.25) is 0 Å². The number of urea groups is 1. The van der Waals surface area contributed by atoms with Gasteiger partial charge in [0.1, 0.15) is 13.2 Å². The minimum absolute atomic E-state index is 0.0640. The minimum atomic E-state index is -0.784. The van der Waals surface area contributed by atoms with Gasteiger partial charge in [0, 0.05) is 17.1 Å². The monoisotopic (exact) mass is 396 g/mol. The summed E-state index contributed by atoms with van der Waals surface area (Å²) in [5.41, 5.74) is 1.15. The van der Waals surface area contributed by atoms with Crippen molar-refractivity contribution >= 4 is 34.5 Å². The van der Waals surface area contributed by atoms with E-state index in [0.29, 0.717) is 41.3 Å². The van der Waals surface area contributed by atoms with Gasteiger partial charge in [0.15, 0.2) is 23.8 Å². The molecule has 0 unspecified atom stereocenters. The lowest BCUT2D eigenvalue weighted by atomic mass is 10.2. The number of ether oxygens (including phenoxy) is 3. The Hall–Kier alpha value is -4.08. The lowest BCUT2D eigenvalue weighted by Gasteiger charge is -2.19. The molecule has 0 aliphatic carbocycles. The highest BCUT2D eigenvalue weighted by Gasteiger charge is 2.18. The van der Waals surface area contributed by atoms with E-state index in [-0.39, 0.29) is 5.69 Å². The van der Waals surface area contributed by atoms with Crippen LogP contribution in [0, 0.1) is 0 Å². The zero-order valence-corrected chi connectivity index (χ0v) is 15.1. The van der Waals surface area contributed by atoms with Crippen molar-refractivity contribution in [2.24, 2.45) is 0 Å². The van der Waals surface area contributed by atoms with E-state index in [1.54, 1.807) is 42.5 Å². The predicted octanol–water partition coefficient (Wildman–Crippen LogP) is 1.84. The molecule has 29 heavy (non-hydrogen) atoms. The first-order valence-electron chi connectivity index (χ1n) is 8.71. The van der Waals surface area contributed by atoms with E-state index in [9.17, 15) is 14.4 Å². The van der Waals surface area contributed by atoms with Crippen LogP contribution in [0.2, 0.25) is 0 Å². The molecular weight excluding hydrogens is 380 g/mol. The van der Waals surface area contributed by atoms with Crippen molar-refractivity contribution in [2.45, 2.75) is 0 Å². The third kappa shape index (κ3) is 4.10. The third-order valence-corrected chi connectivity index (χ3v) is 4.05. The van der Waals surface area contributed by atoms with Crippen LogP contribution in [0.15, 0.2) is 42.5 Å². The summed E-state index contributed by atoms with van der Waals surface area (Å²) in [5.74, 6) is -0.477. The average Bonchev–Trinajstić information content (AvgIpc) is 3.16. The van der Waals surface area contributed by atoms with Gasteiger partial charge in [0.25, 0.3) is 5.91 Å². The molecule has 3 aromatic rings. The number of amides is 3. The number of aromatic amines is 1. The number of nitrogens with one attached hydrogen (secondary N) is 3. The molecule has 0 bridgehead atoms. The Balaban J connectivity index is 1.29. The fourth-order valence-corrected chi connectivity index (χ4v) is 2.76. The lowest BCUT2D eigenvalue weighted by molar-refractivity contribution is -0.123. The Kier molecular flexibility index (Phi) is 4.97. The summed E-state index contributed by atoms with van der Waals surface area (Å²) in [6.07, 6.45) is 0. The van der Waals surface area contributed by atoms with E-state index < -0.39 is 24.5 Å². The number of carbonyl (C=O) groups excluding carboxylic acids is 3. The second-order valence-electron chi connectivity index (χ2n) is 6.05. The van der Waals surface area contributed by atoms with Gasteiger partial charge < -0.3 is 19.5 Å². The standard InChI is InChI=1S/C19H16N4O6/c24-16(10-29-18(25)17-12-3-1-2-4-13(12)22-23-17)21-19(26)20-11-5-6-14-15(9-11)28-8-7-27-14/h1-6,9H,7-8,10H2,(H,22,23)(H2,20,21,24,26). The Bertz CT molecular complexity index is 1090. The van der Waals surface area contributed by atoms with Gasteiger partial charge in [-0.25, -0.2) is 9.59 Å². The van der Waals surface area contributed by atoms with Gasteiger partial charge in [-0.3, -0.25) is 15.2 Å². The molecule has 0 fully saturated rings. The maximum absolute atomic E-state index is 12.1. The quantitative estimate of drug-likeness (QED) is 0.573. The average molecular weight is 396 g/mol. The van der Waals surface area contributed by atoms with Gasteiger partial charge in [-0.15, -0.1) is 0 Å². The Labute approximate surface area is 164 Å². The number of fused-ring (bicyclic) bond motifs is 2. The second kappa shape index (κ2) is 7.89. The zero-order chi connectivity index (χ0) is 20.2. The number of para-hydroxylation sites is 1. The van der Waals surface area contributed by atoms with Crippen LogP contribution in [-0.4, -0.2) is 47.9 Å². The fraction of sp³-hybridized carbons (Fsp3) is 0.158. The molecule has 0 radical (unpaired) electrons. The summed E-state index contributed by atoms with van der Waals surface area (Å²) in [6.45, 7) is 0.244. The molecule has 3 N–H and O–H groups in total. The molecule has 10 nitrogen and oxygen atoms in total. The van der Waals surface area contributed by atoms with Crippen LogP contribution >= 0.6 is 0 Å². The molecule has 10 heteroatoms. The van der Waals surface area contributed by atoms with Crippen LogP contribution < -0.4 is 20.1 Å². The first-order chi connectivity index (χ1) is 14.1. The molecular formula is C19H16N4O6. The number of rotatable bonds is 4. The largest absolute Gasteiger partial charge is 0.486 e. The van der Waals surface area contributed by atoms with Gasteiger partial charge in [-0.05, 0) is 18.2 Å². The van der Waals surface area contributed by atoms with Crippen molar-refractivity contribution in [1.29, 1.82) is 0 Å².